The number of nitrogens with zero attached hydrogens (tertiary/aromatic N) is 1. The van der Waals surface area contributed by atoms with Gasteiger partial charge in [0, 0.05) is 27.9 Å². The van der Waals surface area contributed by atoms with E-state index >= 15 is 0 Å². The van der Waals surface area contributed by atoms with Crippen LogP contribution in [0.2, 0.25) is 5.02 Å². The molecular weight excluding hydrogens is 376 g/mol. The minimum absolute atomic E-state index is 0.00749. The van der Waals surface area contributed by atoms with Crippen molar-refractivity contribution in [3.63, 3.8) is 0 Å². The van der Waals surface area contributed by atoms with Gasteiger partial charge >= 0.3 is 0 Å². The number of halogens is 1. The largest absolute Gasteiger partial charge is 0.335 e. The standard InChI is InChI=1S/C22H17ClN2OS/c23-16-12-10-15(11-13-16)20(26)14-21-18-8-4-5-9-19(18)25-22(27-21)24-17-6-2-1-3-7-17/h1-13,21H,14H2,(H,24,25). The molecule has 1 N–H and O–H groups in total. The van der Waals surface area contributed by atoms with E-state index in [1.807, 2.05) is 54.6 Å². The van der Waals surface area contributed by atoms with Gasteiger partial charge in [0.15, 0.2) is 11.0 Å². The normalized spacial score (nSPS) is 15.6. The molecule has 0 saturated carbocycles. The molecule has 1 aliphatic rings. The maximum Gasteiger partial charge on any atom is 0.166 e. The van der Waals surface area contributed by atoms with E-state index < -0.39 is 0 Å². The van der Waals surface area contributed by atoms with Crippen LogP contribution in [-0.2, 0) is 0 Å². The molecule has 0 amide bonds. The number of aliphatic imine (C=N–C) groups is 1. The molecule has 1 atom stereocenters. The molecule has 0 fully saturated rings. The second-order valence-electron chi connectivity index (χ2n) is 6.21. The number of ketones is 1. The highest BCUT2D eigenvalue weighted by Crippen LogP contribution is 2.43. The second-order valence-corrected chi connectivity index (χ2v) is 7.84. The van der Waals surface area contributed by atoms with Crippen LogP contribution in [0.4, 0.5) is 11.4 Å². The number of thioether (sulfide) groups is 1. The van der Waals surface area contributed by atoms with Gasteiger partial charge in [0.25, 0.3) is 0 Å². The highest BCUT2D eigenvalue weighted by atomic mass is 35.5. The van der Waals surface area contributed by atoms with E-state index in [0.29, 0.717) is 17.0 Å². The van der Waals surface area contributed by atoms with Crippen LogP contribution in [0.15, 0.2) is 83.9 Å². The van der Waals surface area contributed by atoms with Gasteiger partial charge in [-0.25, -0.2) is 4.99 Å². The first-order chi connectivity index (χ1) is 13.2. The molecule has 3 aromatic rings. The summed E-state index contributed by atoms with van der Waals surface area (Å²) in [5, 5.41) is 4.79. The van der Waals surface area contributed by atoms with E-state index in [2.05, 4.69) is 5.32 Å². The number of amidine groups is 1. The summed E-state index contributed by atoms with van der Waals surface area (Å²) in [7, 11) is 0. The summed E-state index contributed by atoms with van der Waals surface area (Å²) in [5.74, 6) is 0.0972. The number of nitrogens with one attached hydrogen (secondary N) is 1. The minimum atomic E-state index is 0.00749. The SMILES string of the molecule is O=C(CC1SC(Nc2ccccc2)=Nc2ccccc21)c1ccc(Cl)cc1. The molecule has 0 aliphatic carbocycles. The number of carbonyl (C=O) groups excluding carboxylic acids is 1. The molecule has 3 aromatic carbocycles. The predicted molar refractivity (Wildman–Crippen MR) is 114 cm³/mol. The lowest BCUT2D eigenvalue weighted by molar-refractivity contribution is 0.0982. The minimum Gasteiger partial charge on any atom is -0.335 e. The molecule has 4 rings (SSSR count). The third-order valence-corrected chi connectivity index (χ3v) is 5.70. The third-order valence-electron chi connectivity index (χ3n) is 4.32. The van der Waals surface area contributed by atoms with E-state index in [-0.39, 0.29) is 11.0 Å². The van der Waals surface area contributed by atoms with Crippen LogP contribution >= 0.6 is 23.4 Å². The van der Waals surface area contributed by atoms with Gasteiger partial charge in [-0.05, 0) is 48.0 Å². The summed E-state index contributed by atoms with van der Waals surface area (Å²) in [6.07, 6.45) is 0.402. The number of para-hydroxylation sites is 2. The summed E-state index contributed by atoms with van der Waals surface area (Å²) in [6.45, 7) is 0. The third kappa shape index (κ3) is 4.24. The Hall–Kier alpha value is -2.56. The Morgan fingerprint density at radius 3 is 2.44 bits per heavy atom. The van der Waals surface area contributed by atoms with Crippen molar-refractivity contribution in [2.75, 3.05) is 5.32 Å². The van der Waals surface area contributed by atoms with Gasteiger partial charge in [-0.2, -0.15) is 0 Å². The molecule has 5 heteroatoms. The molecule has 3 nitrogen and oxygen atoms in total. The first kappa shape index (κ1) is 17.8. The van der Waals surface area contributed by atoms with Crippen molar-refractivity contribution in [2.24, 2.45) is 4.99 Å². The lowest BCUT2D eigenvalue weighted by Crippen LogP contribution is -2.16. The van der Waals surface area contributed by atoms with Gasteiger partial charge in [0.1, 0.15) is 0 Å². The Morgan fingerprint density at radius 1 is 0.963 bits per heavy atom. The molecule has 27 heavy (non-hydrogen) atoms. The second kappa shape index (κ2) is 7.99. The Labute approximate surface area is 167 Å². The van der Waals surface area contributed by atoms with Crippen molar-refractivity contribution in [3.05, 3.63) is 95.0 Å². The Morgan fingerprint density at radius 2 is 1.67 bits per heavy atom. The van der Waals surface area contributed by atoms with Crippen LogP contribution in [0, 0.1) is 0 Å². The van der Waals surface area contributed by atoms with Gasteiger partial charge in [0.2, 0.25) is 0 Å². The molecule has 0 radical (unpaired) electrons. The summed E-state index contributed by atoms with van der Waals surface area (Å²) in [5.41, 5.74) is 3.65. The van der Waals surface area contributed by atoms with Crippen molar-refractivity contribution in [1.82, 2.24) is 0 Å². The zero-order valence-corrected chi connectivity index (χ0v) is 16.0. The fourth-order valence-corrected chi connectivity index (χ4v) is 4.26. The van der Waals surface area contributed by atoms with Crippen LogP contribution in [-0.4, -0.2) is 11.0 Å². The van der Waals surface area contributed by atoms with Crippen molar-refractivity contribution in [2.45, 2.75) is 11.7 Å². The molecule has 0 saturated heterocycles. The average Bonchev–Trinajstić information content (AvgIpc) is 2.69. The highest BCUT2D eigenvalue weighted by Gasteiger charge is 2.26. The highest BCUT2D eigenvalue weighted by molar-refractivity contribution is 8.14. The Balaban J connectivity index is 1.58. The molecule has 1 heterocycles. The maximum absolute atomic E-state index is 12.8. The summed E-state index contributed by atoms with van der Waals surface area (Å²) < 4.78 is 0. The van der Waals surface area contributed by atoms with Crippen LogP contribution < -0.4 is 5.32 Å². The number of Topliss-reactive ketones (excluding diaryl/α,β-unsaturated/α-hetero) is 1. The van der Waals surface area contributed by atoms with E-state index in [9.17, 15) is 4.79 Å². The predicted octanol–water partition coefficient (Wildman–Crippen LogP) is 6.50. The van der Waals surface area contributed by atoms with Gasteiger partial charge in [-0.15, -0.1) is 0 Å². The van der Waals surface area contributed by atoms with Crippen molar-refractivity contribution < 1.29 is 4.79 Å². The quantitative estimate of drug-likeness (QED) is 0.515. The van der Waals surface area contributed by atoms with Gasteiger partial charge in [-0.1, -0.05) is 59.8 Å². The molecule has 1 unspecified atom stereocenters. The van der Waals surface area contributed by atoms with Gasteiger partial charge < -0.3 is 5.32 Å². The zero-order chi connectivity index (χ0) is 18.6. The average molecular weight is 393 g/mol. The smallest absolute Gasteiger partial charge is 0.166 e. The number of fused-ring (bicyclic) bond motifs is 1. The fraction of sp³-hybridized carbons (Fsp3) is 0.0909. The van der Waals surface area contributed by atoms with Crippen molar-refractivity contribution in [3.8, 4) is 0 Å². The van der Waals surface area contributed by atoms with Gasteiger partial charge in [0.05, 0.1) is 5.69 Å². The molecule has 1 aliphatic heterocycles. The number of hydrogen-bond donors (Lipinski definition) is 1. The van der Waals surface area contributed by atoms with E-state index in [1.54, 1.807) is 36.0 Å². The van der Waals surface area contributed by atoms with Crippen LogP contribution in [0.5, 0.6) is 0 Å². The fourth-order valence-electron chi connectivity index (χ4n) is 2.97. The van der Waals surface area contributed by atoms with Crippen LogP contribution in [0.3, 0.4) is 0 Å². The van der Waals surface area contributed by atoms with Crippen molar-refractivity contribution in [1.29, 1.82) is 0 Å². The molecule has 0 bridgehead atoms. The summed E-state index contributed by atoms with van der Waals surface area (Å²) in [6, 6.07) is 25.0. The molecular formula is C22H17ClN2OS. The maximum atomic E-state index is 12.8. The molecule has 0 spiro atoms. The lowest BCUT2D eigenvalue weighted by Gasteiger charge is -2.24. The zero-order valence-electron chi connectivity index (χ0n) is 14.4. The topological polar surface area (TPSA) is 41.5 Å². The first-order valence-electron chi connectivity index (χ1n) is 8.64. The Bertz CT molecular complexity index is 987. The van der Waals surface area contributed by atoms with E-state index in [4.69, 9.17) is 16.6 Å². The summed E-state index contributed by atoms with van der Waals surface area (Å²) in [4.78, 5) is 17.5. The number of benzene rings is 3. The number of carbonyl (C=O) groups is 1. The number of hydrogen-bond acceptors (Lipinski definition) is 4. The van der Waals surface area contributed by atoms with Crippen LogP contribution in [0.25, 0.3) is 0 Å². The Kier molecular flexibility index (Phi) is 5.28. The first-order valence-corrected chi connectivity index (χ1v) is 9.90. The monoisotopic (exact) mass is 392 g/mol. The van der Waals surface area contributed by atoms with E-state index in [0.717, 1.165) is 22.1 Å². The van der Waals surface area contributed by atoms with Crippen molar-refractivity contribution >= 4 is 45.7 Å². The molecule has 134 valence electrons. The number of rotatable bonds is 4. The van der Waals surface area contributed by atoms with E-state index in [1.165, 1.54) is 0 Å². The molecule has 0 aromatic heterocycles. The summed E-state index contributed by atoms with van der Waals surface area (Å²) >= 11 is 7.52. The number of anilines is 1. The van der Waals surface area contributed by atoms with Crippen LogP contribution in [0.1, 0.15) is 27.6 Å². The lowest BCUT2D eigenvalue weighted by atomic mass is 10.0. The van der Waals surface area contributed by atoms with Gasteiger partial charge in [-0.3, -0.25) is 4.79 Å².